The molecule has 2 rings (SSSR count). The fourth-order valence-corrected chi connectivity index (χ4v) is 5.37. The van der Waals surface area contributed by atoms with Gasteiger partial charge in [0.2, 0.25) is 0 Å². The Bertz CT molecular complexity index is 565. The zero-order chi connectivity index (χ0) is 16.2. The van der Waals surface area contributed by atoms with E-state index in [9.17, 15) is 8.42 Å². The number of thioether (sulfide) groups is 1. The molecule has 1 aliphatic heterocycles. The molecule has 1 aliphatic rings. The lowest BCUT2D eigenvalue weighted by Crippen LogP contribution is -2.52. The number of rotatable bonds is 7. The Morgan fingerprint density at radius 3 is 2.32 bits per heavy atom. The average molecular weight is 366 g/mol. The van der Waals surface area contributed by atoms with Gasteiger partial charge in [-0.1, -0.05) is 36.9 Å². The van der Waals surface area contributed by atoms with Crippen LogP contribution in [0.3, 0.4) is 0 Å². The molecule has 0 unspecified atom stereocenters. The van der Waals surface area contributed by atoms with Crippen molar-refractivity contribution in [2.45, 2.75) is 24.7 Å². The van der Waals surface area contributed by atoms with E-state index in [2.05, 4.69) is 15.1 Å². The van der Waals surface area contributed by atoms with Crippen LogP contribution >= 0.6 is 23.1 Å². The van der Waals surface area contributed by atoms with Crippen LogP contribution in [0.4, 0.5) is 0 Å². The third kappa shape index (κ3) is 4.18. The van der Waals surface area contributed by atoms with Crippen molar-refractivity contribution in [2.24, 2.45) is 0 Å². The zero-order valence-corrected chi connectivity index (χ0v) is 15.7. The minimum atomic E-state index is -3.31. The summed E-state index contributed by atoms with van der Waals surface area (Å²) in [5.41, 5.74) is 0. The third-order valence-electron chi connectivity index (χ3n) is 3.67. The van der Waals surface area contributed by atoms with E-state index in [1.165, 1.54) is 4.31 Å². The fraction of sp³-hybridized carbons (Fsp3) is 0.833. The highest BCUT2D eigenvalue weighted by Crippen LogP contribution is 2.21. The normalized spacial score (nSPS) is 18.2. The second-order valence-corrected chi connectivity index (χ2v) is 8.98. The van der Waals surface area contributed by atoms with E-state index < -0.39 is 10.2 Å². The first-order valence-corrected chi connectivity index (χ1v) is 10.8. The minimum Gasteiger partial charge on any atom is -0.294 e. The van der Waals surface area contributed by atoms with E-state index in [1.54, 1.807) is 27.4 Å². The van der Waals surface area contributed by atoms with Gasteiger partial charge in [-0.2, -0.15) is 17.0 Å². The van der Waals surface area contributed by atoms with Crippen LogP contribution in [-0.2, 0) is 16.8 Å². The summed E-state index contributed by atoms with van der Waals surface area (Å²) in [6.07, 6.45) is 1.99. The van der Waals surface area contributed by atoms with Crippen LogP contribution in [0.15, 0.2) is 4.34 Å². The maximum Gasteiger partial charge on any atom is 0.282 e. The Morgan fingerprint density at radius 2 is 1.82 bits per heavy atom. The van der Waals surface area contributed by atoms with E-state index in [0.29, 0.717) is 26.2 Å². The van der Waals surface area contributed by atoms with Gasteiger partial charge in [-0.25, -0.2) is 0 Å². The summed E-state index contributed by atoms with van der Waals surface area (Å²) in [7, 11) is -3.31. The van der Waals surface area contributed by atoms with Gasteiger partial charge >= 0.3 is 0 Å². The van der Waals surface area contributed by atoms with Crippen molar-refractivity contribution in [1.82, 2.24) is 23.7 Å². The van der Waals surface area contributed by atoms with Gasteiger partial charge in [0.1, 0.15) is 5.01 Å². The molecular weight excluding hydrogens is 342 g/mol. The molecule has 0 N–H and O–H groups in total. The molecule has 7 nitrogen and oxygen atoms in total. The molecule has 1 aromatic heterocycles. The first-order valence-electron chi connectivity index (χ1n) is 7.35. The van der Waals surface area contributed by atoms with Crippen molar-refractivity contribution in [2.75, 3.05) is 45.5 Å². The van der Waals surface area contributed by atoms with Crippen LogP contribution in [0.2, 0.25) is 0 Å². The van der Waals surface area contributed by atoms with Gasteiger partial charge in [0.05, 0.1) is 6.54 Å². The van der Waals surface area contributed by atoms with E-state index in [1.807, 2.05) is 20.1 Å². The highest BCUT2D eigenvalue weighted by Gasteiger charge is 2.30. The van der Waals surface area contributed by atoms with Crippen molar-refractivity contribution in [1.29, 1.82) is 0 Å². The van der Waals surface area contributed by atoms with Crippen molar-refractivity contribution >= 4 is 33.3 Å². The second kappa shape index (κ2) is 8.02. The molecule has 2 heterocycles. The molecule has 0 saturated carbocycles. The summed E-state index contributed by atoms with van der Waals surface area (Å²) in [4.78, 5) is 2.23. The topological polar surface area (TPSA) is 69.6 Å². The molecule has 0 atom stereocenters. The van der Waals surface area contributed by atoms with E-state index >= 15 is 0 Å². The van der Waals surface area contributed by atoms with Gasteiger partial charge in [0, 0.05) is 39.3 Å². The van der Waals surface area contributed by atoms with Crippen LogP contribution in [0.25, 0.3) is 0 Å². The Hall–Kier alpha value is -0.260. The summed E-state index contributed by atoms with van der Waals surface area (Å²) in [6, 6.07) is 0. The largest absolute Gasteiger partial charge is 0.294 e. The maximum atomic E-state index is 12.5. The predicted molar refractivity (Wildman–Crippen MR) is 90.4 cm³/mol. The van der Waals surface area contributed by atoms with Crippen molar-refractivity contribution in [3.05, 3.63) is 5.01 Å². The lowest BCUT2D eigenvalue weighted by atomic mass is 10.3. The Kier molecular flexibility index (Phi) is 6.59. The highest BCUT2D eigenvalue weighted by atomic mass is 32.2. The van der Waals surface area contributed by atoms with E-state index in [4.69, 9.17) is 0 Å². The molecule has 1 saturated heterocycles. The Labute approximate surface area is 140 Å². The smallest absolute Gasteiger partial charge is 0.282 e. The average Bonchev–Trinajstić information content (AvgIpc) is 2.96. The lowest BCUT2D eigenvalue weighted by molar-refractivity contribution is 0.175. The lowest BCUT2D eigenvalue weighted by Gasteiger charge is -2.35. The standard InChI is InChI=1S/C12H23N5O2S3/c1-4-16(5-2)22(18,19)17-8-6-15(7-9-17)10-11-13-14-12(20-3)21-11/h4-10H2,1-3H3. The van der Waals surface area contributed by atoms with Crippen LogP contribution < -0.4 is 0 Å². The monoisotopic (exact) mass is 365 g/mol. The SMILES string of the molecule is CCN(CC)S(=O)(=O)N1CCN(Cc2nnc(SC)s2)CC1. The molecule has 1 fully saturated rings. The van der Waals surface area contributed by atoms with Crippen LogP contribution in [0, 0.1) is 0 Å². The molecule has 0 bridgehead atoms. The summed E-state index contributed by atoms with van der Waals surface area (Å²) in [5, 5.41) is 9.25. The van der Waals surface area contributed by atoms with Crippen LogP contribution in [0.5, 0.6) is 0 Å². The summed E-state index contributed by atoms with van der Waals surface area (Å²) in [5.74, 6) is 0. The van der Waals surface area contributed by atoms with Gasteiger partial charge in [-0.15, -0.1) is 10.2 Å². The summed E-state index contributed by atoms with van der Waals surface area (Å²) < 4.78 is 29.0. The van der Waals surface area contributed by atoms with Gasteiger partial charge in [-0.3, -0.25) is 4.90 Å². The Morgan fingerprint density at radius 1 is 1.18 bits per heavy atom. The Balaban J connectivity index is 1.90. The molecule has 126 valence electrons. The maximum absolute atomic E-state index is 12.5. The number of hydrogen-bond acceptors (Lipinski definition) is 7. The van der Waals surface area contributed by atoms with Gasteiger partial charge < -0.3 is 0 Å². The molecule has 0 spiro atoms. The second-order valence-electron chi connectivity index (χ2n) is 4.93. The number of piperazine rings is 1. The zero-order valence-electron chi connectivity index (χ0n) is 13.2. The van der Waals surface area contributed by atoms with Crippen LogP contribution in [0.1, 0.15) is 18.9 Å². The van der Waals surface area contributed by atoms with Gasteiger partial charge in [-0.05, 0) is 6.26 Å². The van der Waals surface area contributed by atoms with Gasteiger partial charge in [0.25, 0.3) is 10.2 Å². The first-order chi connectivity index (χ1) is 10.5. The minimum absolute atomic E-state index is 0.515. The quantitative estimate of drug-likeness (QED) is 0.671. The van der Waals surface area contributed by atoms with E-state index in [-0.39, 0.29) is 0 Å². The summed E-state index contributed by atoms with van der Waals surface area (Å²) in [6.45, 7) is 8.05. The molecule has 10 heteroatoms. The fourth-order valence-electron chi connectivity index (χ4n) is 2.41. The van der Waals surface area contributed by atoms with Crippen molar-refractivity contribution in [3.8, 4) is 0 Å². The van der Waals surface area contributed by atoms with Crippen LogP contribution in [-0.4, -0.2) is 77.6 Å². The van der Waals surface area contributed by atoms with E-state index in [0.717, 1.165) is 29.0 Å². The number of nitrogens with zero attached hydrogens (tertiary/aromatic N) is 5. The van der Waals surface area contributed by atoms with Gasteiger partial charge in [0.15, 0.2) is 4.34 Å². The number of hydrogen-bond donors (Lipinski definition) is 0. The third-order valence-corrected chi connectivity index (χ3v) is 7.74. The number of aromatic nitrogens is 2. The molecule has 1 aromatic rings. The summed E-state index contributed by atoms with van der Waals surface area (Å²) >= 11 is 3.20. The predicted octanol–water partition coefficient (Wildman–Crippen LogP) is 0.964. The molecule has 22 heavy (non-hydrogen) atoms. The van der Waals surface area contributed by atoms with Crippen molar-refractivity contribution in [3.63, 3.8) is 0 Å². The molecular formula is C12H23N5O2S3. The molecule has 0 amide bonds. The molecule has 0 aliphatic carbocycles. The molecule has 0 radical (unpaired) electrons. The molecule has 0 aromatic carbocycles. The highest BCUT2D eigenvalue weighted by molar-refractivity contribution is 8.00. The first kappa shape index (κ1) is 18.1. The van der Waals surface area contributed by atoms with Crippen molar-refractivity contribution < 1.29 is 8.42 Å².